The number of benzene rings is 1. The molecule has 1 heterocycles. The largest absolute Gasteiger partial charge is 0.382 e. The lowest BCUT2D eigenvalue weighted by Gasteiger charge is -2.17. The molecule has 1 atom stereocenters. The van der Waals surface area contributed by atoms with E-state index in [0.717, 1.165) is 12.8 Å². The van der Waals surface area contributed by atoms with Crippen LogP contribution in [0.4, 0.5) is 5.69 Å². The monoisotopic (exact) mass is 306 g/mol. The molecule has 0 amide bonds. The van der Waals surface area contributed by atoms with Gasteiger partial charge in [-0.15, -0.1) is 0 Å². The van der Waals surface area contributed by atoms with Crippen LogP contribution in [0.25, 0.3) is 0 Å². The van der Waals surface area contributed by atoms with Gasteiger partial charge in [0.15, 0.2) is 9.84 Å². The minimum absolute atomic E-state index is 0.197. The van der Waals surface area contributed by atoms with Crippen molar-refractivity contribution in [2.75, 3.05) is 11.6 Å². The fraction of sp³-hybridized carbons (Fsp3) is 0.375. The number of para-hydroxylation sites is 1. The fourth-order valence-corrected chi connectivity index (χ4v) is 3.22. The first kappa shape index (κ1) is 15.6. The van der Waals surface area contributed by atoms with Gasteiger partial charge in [-0.25, -0.2) is 8.42 Å². The Kier molecular flexibility index (Phi) is 4.73. The fourth-order valence-electron chi connectivity index (χ4n) is 2.37. The SMILES string of the molecule is C[C@H](CCc1cccn1C)Nc1ccccc1S(C)(=O)=O. The van der Waals surface area contributed by atoms with Crippen LogP contribution in [0, 0.1) is 0 Å². The Balaban J connectivity index is 2.03. The van der Waals surface area contributed by atoms with Gasteiger partial charge in [-0.1, -0.05) is 12.1 Å². The van der Waals surface area contributed by atoms with Crippen molar-refractivity contribution >= 4 is 15.5 Å². The maximum atomic E-state index is 11.8. The van der Waals surface area contributed by atoms with Gasteiger partial charge in [-0.3, -0.25) is 0 Å². The van der Waals surface area contributed by atoms with Gasteiger partial charge in [-0.05, 0) is 44.0 Å². The molecule has 0 fully saturated rings. The van der Waals surface area contributed by atoms with Crippen molar-refractivity contribution in [2.24, 2.45) is 7.05 Å². The third-order valence-electron chi connectivity index (χ3n) is 3.57. The molecule has 21 heavy (non-hydrogen) atoms. The van der Waals surface area contributed by atoms with Crippen LogP contribution in [0.2, 0.25) is 0 Å². The molecule has 0 aliphatic heterocycles. The first-order valence-electron chi connectivity index (χ1n) is 7.04. The summed E-state index contributed by atoms with van der Waals surface area (Å²) >= 11 is 0. The highest BCUT2D eigenvalue weighted by Crippen LogP contribution is 2.22. The number of rotatable bonds is 6. The van der Waals surface area contributed by atoms with Crippen LogP contribution in [-0.2, 0) is 23.3 Å². The Morgan fingerprint density at radius 1 is 1.19 bits per heavy atom. The normalized spacial score (nSPS) is 13.1. The van der Waals surface area contributed by atoms with Crippen molar-refractivity contribution in [1.29, 1.82) is 0 Å². The molecular weight excluding hydrogens is 284 g/mol. The Bertz CT molecular complexity index is 705. The van der Waals surface area contributed by atoms with Gasteiger partial charge in [-0.2, -0.15) is 0 Å². The van der Waals surface area contributed by atoms with Crippen LogP contribution in [-0.4, -0.2) is 25.3 Å². The van der Waals surface area contributed by atoms with E-state index in [-0.39, 0.29) is 6.04 Å². The van der Waals surface area contributed by atoms with Crippen molar-refractivity contribution in [3.8, 4) is 0 Å². The number of aryl methyl sites for hydroxylation is 2. The molecule has 5 heteroatoms. The first-order valence-corrected chi connectivity index (χ1v) is 8.93. The van der Waals surface area contributed by atoms with Crippen molar-refractivity contribution in [2.45, 2.75) is 30.7 Å². The van der Waals surface area contributed by atoms with Crippen LogP contribution >= 0.6 is 0 Å². The second-order valence-electron chi connectivity index (χ2n) is 5.46. The Morgan fingerprint density at radius 2 is 1.90 bits per heavy atom. The van der Waals surface area contributed by atoms with Crippen molar-refractivity contribution in [1.82, 2.24) is 4.57 Å². The van der Waals surface area contributed by atoms with Gasteiger partial charge < -0.3 is 9.88 Å². The van der Waals surface area contributed by atoms with E-state index in [0.29, 0.717) is 10.6 Å². The quantitative estimate of drug-likeness (QED) is 0.893. The predicted molar refractivity (Wildman–Crippen MR) is 86.4 cm³/mol. The highest BCUT2D eigenvalue weighted by molar-refractivity contribution is 7.90. The molecular formula is C16H22N2O2S. The van der Waals surface area contributed by atoms with Crippen molar-refractivity contribution in [3.63, 3.8) is 0 Å². The summed E-state index contributed by atoms with van der Waals surface area (Å²) in [6.07, 6.45) is 5.17. The van der Waals surface area contributed by atoms with Gasteiger partial charge in [0.25, 0.3) is 0 Å². The topological polar surface area (TPSA) is 51.1 Å². The zero-order valence-electron chi connectivity index (χ0n) is 12.7. The summed E-state index contributed by atoms with van der Waals surface area (Å²) < 4.78 is 25.7. The smallest absolute Gasteiger partial charge is 0.177 e. The zero-order chi connectivity index (χ0) is 15.5. The van der Waals surface area contributed by atoms with Gasteiger partial charge in [0.1, 0.15) is 0 Å². The van der Waals surface area contributed by atoms with E-state index < -0.39 is 9.84 Å². The van der Waals surface area contributed by atoms with Crippen molar-refractivity contribution < 1.29 is 8.42 Å². The number of hydrogen-bond donors (Lipinski definition) is 1. The van der Waals surface area contributed by atoms with Gasteiger partial charge in [0.2, 0.25) is 0 Å². The molecule has 4 nitrogen and oxygen atoms in total. The number of anilines is 1. The molecule has 0 bridgehead atoms. The summed E-state index contributed by atoms with van der Waals surface area (Å²) in [6.45, 7) is 2.07. The molecule has 1 aromatic heterocycles. The lowest BCUT2D eigenvalue weighted by atomic mass is 10.1. The zero-order valence-corrected chi connectivity index (χ0v) is 13.5. The van der Waals surface area contributed by atoms with E-state index >= 15 is 0 Å². The Hall–Kier alpha value is -1.75. The minimum atomic E-state index is -3.21. The summed E-state index contributed by atoms with van der Waals surface area (Å²) in [5.74, 6) is 0. The maximum Gasteiger partial charge on any atom is 0.177 e. The van der Waals surface area contributed by atoms with E-state index in [2.05, 4.69) is 22.9 Å². The van der Waals surface area contributed by atoms with Gasteiger partial charge >= 0.3 is 0 Å². The number of nitrogens with one attached hydrogen (secondary N) is 1. The Morgan fingerprint density at radius 3 is 2.52 bits per heavy atom. The molecule has 0 unspecified atom stereocenters. The number of hydrogen-bond acceptors (Lipinski definition) is 3. The van der Waals surface area contributed by atoms with Crippen LogP contribution in [0.5, 0.6) is 0 Å². The van der Waals surface area contributed by atoms with E-state index in [4.69, 9.17) is 0 Å². The third-order valence-corrected chi connectivity index (χ3v) is 4.73. The summed E-state index contributed by atoms with van der Waals surface area (Å²) in [4.78, 5) is 0.357. The highest BCUT2D eigenvalue weighted by atomic mass is 32.2. The molecule has 0 saturated carbocycles. The molecule has 114 valence electrons. The second-order valence-corrected chi connectivity index (χ2v) is 7.45. The molecule has 2 rings (SSSR count). The van der Waals surface area contributed by atoms with Crippen LogP contribution < -0.4 is 5.32 Å². The summed E-state index contributed by atoms with van der Waals surface area (Å²) in [7, 11) is -1.18. The minimum Gasteiger partial charge on any atom is -0.382 e. The molecule has 1 N–H and O–H groups in total. The Labute approximate surface area is 126 Å². The molecule has 2 aromatic rings. The maximum absolute atomic E-state index is 11.8. The van der Waals surface area contributed by atoms with E-state index in [1.54, 1.807) is 12.1 Å². The lowest BCUT2D eigenvalue weighted by Crippen LogP contribution is -2.18. The van der Waals surface area contributed by atoms with E-state index in [1.165, 1.54) is 11.9 Å². The molecule has 0 spiro atoms. The van der Waals surface area contributed by atoms with Crippen LogP contribution in [0.15, 0.2) is 47.5 Å². The average Bonchev–Trinajstić information content (AvgIpc) is 2.81. The first-order chi connectivity index (χ1) is 9.88. The molecule has 0 saturated heterocycles. The van der Waals surface area contributed by atoms with Crippen molar-refractivity contribution in [3.05, 3.63) is 48.3 Å². The summed E-state index contributed by atoms with van der Waals surface area (Å²) in [5, 5.41) is 3.31. The predicted octanol–water partition coefficient (Wildman–Crippen LogP) is 2.86. The van der Waals surface area contributed by atoms with Gasteiger partial charge in [0, 0.05) is 31.2 Å². The second kappa shape index (κ2) is 6.35. The van der Waals surface area contributed by atoms with E-state index in [9.17, 15) is 8.42 Å². The van der Waals surface area contributed by atoms with E-state index in [1.807, 2.05) is 31.4 Å². The number of sulfone groups is 1. The lowest BCUT2D eigenvalue weighted by molar-refractivity contribution is 0.601. The average molecular weight is 306 g/mol. The van der Waals surface area contributed by atoms with Crippen LogP contribution in [0.3, 0.4) is 0 Å². The molecule has 1 aromatic carbocycles. The van der Waals surface area contributed by atoms with Gasteiger partial charge in [0.05, 0.1) is 10.6 Å². The number of aromatic nitrogens is 1. The number of nitrogens with zero attached hydrogens (tertiary/aromatic N) is 1. The molecule has 0 radical (unpaired) electrons. The molecule has 0 aliphatic rings. The standard InChI is InChI=1S/C16H22N2O2S/c1-13(10-11-14-7-6-12-18(14)2)17-15-8-4-5-9-16(15)21(3,19)20/h4-9,12-13,17H,10-11H2,1-3H3/t13-/m1/s1. The summed E-state index contributed by atoms with van der Waals surface area (Å²) in [6, 6.07) is 11.4. The molecule has 0 aliphatic carbocycles. The summed E-state index contributed by atoms with van der Waals surface area (Å²) in [5.41, 5.74) is 1.96. The van der Waals surface area contributed by atoms with Crippen LogP contribution in [0.1, 0.15) is 19.0 Å². The highest BCUT2D eigenvalue weighted by Gasteiger charge is 2.14. The third kappa shape index (κ3) is 4.11.